The van der Waals surface area contributed by atoms with Crippen molar-refractivity contribution in [3.63, 3.8) is 0 Å². The highest BCUT2D eigenvalue weighted by Gasteiger charge is 2.00. The molecule has 5 heteroatoms. The zero-order valence-corrected chi connectivity index (χ0v) is 9.87. The normalized spacial score (nSPS) is 9.83. The zero-order valence-electron chi connectivity index (χ0n) is 9.87. The molecule has 0 amide bonds. The monoisotopic (exact) mass is 242 g/mol. The smallest absolute Gasteiger partial charge is 0.137 e. The SMILES string of the molecule is Nc1ccc(Cn2cncn2)cc1C#CCCO. The Balaban J connectivity index is 2.19. The molecule has 2 aromatic rings. The van der Waals surface area contributed by atoms with Gasteiger partial charge in [0.15, 0.2) is 0 Å². The summed E-state index contributed by atoms with van der Waals surface area (Å²) >= 11 is 0. The molecule has 2 rings (SSSR count). The van der Waals surface area contributed by atoms with Gasteiger partial charge >= 0.3 is 0 Å². The van der Waals surface area contributed by atoms with Gasteiger partial charge in [-0.15, -0.1) is 0 Å². The van der Waals surface area contributed by atoms with Crippen molar-refractivity contribution >= 4 is 5.69 Å². The predicted molar refractivity (Wildman–Crippen MR) is 68.6 cm³/mol. The van der Waals surface area contributed by atoms with Crippen LogP contribution in [-0.4, -0.2) is 26.5 Å². The maximum atomic E-state index is 8.69. The van der Waals surface area contributed by atoms with Gasteiger partial charge in [0.25, 0.3) is 0 Å². The number of nitrogen functional groups attached to an aromatic ring is 1. The van der Waals surface area contributed by atoms with E-state index in [0.717, 1.165) is 11.1 Å². The molecule has 0 fully saturated rings. The Morgan fingerprint density at radius 1 is 1.39 bits per heavy atom. The molecular weight excluding hydrogens is 228 g/mol. The van der Waals surface area contributed by atoms with Crippen molar-refractivity contribution in [1.29, 1.82) is 0 Å². The summed E-state index contributed by atoms with van der Waals surface area (Å²) in [5.41, 5.74) is 8.32. The first-order valence-electron chi connectivity index (χ1n) is 5.60. The number of aliphatic hydroxyl groups is 1. The Hall–Kier alpha value is -2.32. The number of nitrogens with two attached hydrogens (primary N) is 1. The number of aliphatic hydroxyl groups excluding tert-OH is 1. The van der Waals surface area contributed by atoms with Crippen LogP contribution in [0, 0.1) is 11.8 Å². The first-order valence-corrected chi connectivity index (χ1v) is 5.60. The molecule has 0 saturated carbocycles. The van der Waals surface area contributed by atoms with E-state index < -0.39 is 0 Å². The van der Waals surface area contributed by atoms with E-state index in [9.17, 15) is 0 Å². The number of hydrogen-bond donors (Lipinski definition) is 2. The number of rotatable bonds is 3. The van der Waals surface area contributed by atoms with E-state index in [1.165, 1.54) is 6.33 Å². The van der Waals surface area contributed by atoms with Crippen molar-refractivity contribution < 1.29 is 5.11 Å². The van der Waals surface area contributed by atoms with Gasteiger partial charge < -0.3 is 10.8 Å². The summed E-state index contributed by atoms with van der Waals surface area (Å²) in [5, 5.41) is 12.7. The Bertz CT molecular complexity index is 566. The van der Waals surface area contributed by atoms with E-state index in [0.29, 0.717) is 18.7 Å². The number of aromatic nitrogens is 3. The first-order chi connectivity index (χ1) is 8.79. The summed E-state index contributed by atoms with van der Waals surface area (Å²) in [6.07, 6.45) is 3.61. The molecule has 0 bridgehead atoms. The Kier molecular flexibility index (Phi) is 3.94. The molecule has 18 heavy (non-hydrogen) atoms. The Morgan fingerprint density at radius 3 is 3.00 bits per heavy atom. The lowest BCUT2D eigenvalue weighted by atomic mass is 10.1. The fourth-order valence-electron chi connectivity index (χ4n) is 1.53. The van der Waals surface area contributed by atoms with Crippen LogP contribution in [0.4, 0.5) is 5.69 Å². The molecule has 0 aliphatic heterocycles. The van der Waals surface area contributed by atoms with Crippen molar-refractivity contribution in [3.05, 3.63) is 42.0 Å². The summed E-state index contributed by atoms with van der Waals surface area (Å²) in [6, 6.07) is 5.70. The maximum absolute atomic E-state index is 8.69. The van der Waals surface area contributed by atoms with Gasteiger partial charge in [-0.05, 0) is 17.7 Å². The van der Waals surface area contributed by atoms with Crippen LogP contribution in [-0.2, 0) is 6.54 Å². The molecule has 92 valence electrons. The number of hydrogen-bond acceptors (Lipinski definition) is 4. The second-order valence-electron chi connectivity index (χ2n) is 3.79. The molecule has 0 saturated heterocycles. The van der Waals surface area contributed by atoms with E-state index >= 15 is 0 Å². The van der Waals surface area contributed by atoms with E-state index in [1.54, 1.807) is 11.0 Å². The molecule has 1 aromatic heterocycles. The average molecular weight is 242 g/mol. The summed E-state index contributed by atoms with van der Waals surface area (Å²) in [4.78, 5) is 3.89. The number of benzene rings is 1. The van der Waals surface area contributed by atoms with E-state index in [4.69, 9.17) is 10.8 Å². The van der Waals surface area contributed by atoms with Crippen LogP contribution in [0.3, 0.4) is 0 Å². The standard InChI is InChI=1S/C13H14N4O/c14-13-5-4-11(8-17-10-15-9-16-17)7-12(13)3-1-2-6-18/h4-5,7,9-10,18H,2,6,8,14H2. The Labute approximate surface area is 105 Å². The first kappa shape index (κ1) is 12.1. The van der Waals surface area contributed by atoms with Crippen LogP contribution in [0.25, 0.3) is 0 Å². The summed E-state index contributed by atoms with van der Waals surface area (Å²) in [7, 11) is 0. The molecule has 1 heterocycles. The van der Waals surface area contributed by atoms with Gasteiger partial charge in [0.2, 0.25) is 0 Å². The molecule has 0 radical (unpaired) electrons. The van der Waals surface area contributed by atoms with E-state index in [-0.39, 0.29) is 6.61 Å². The summed E-state index contributed by atoms with van der Waals surface area (Å²) in [6.45, 7) is 0.695. The topological polar surface area (TPSA) is 77.0 Å². The minimum atomic E-state index is 0.0611. The van der Waals surface area contributed by atoms with Gasteiger partial charge in [-0.1, -0.05) is 17.9 Å². The van der Waals surface area contributed by atoms with Crippen molar-refractivity contribution in [2.75, 3.05) is 12.3 Å². The van der Waals surface area contributed by atoms with Crippen LogP contribution in [0.2, 0.25) is 0 Å². The van der Waals surface area contributed by atoms with Gasteiger partial charge in [0.05, 0.1) is 13.2 Å². The number of nitrogens with zero attached hydrogens (tertiary/aromatic N) is 3. The molecule has 0 atom stereocenters. The molecule has 3 N–H and O–H groups in total. The molecule has 0 spiro atoms. The molecule has 5 nitrogen and oxygen atoms in total. The highest BCUT2D eigenvalue weighted by molar-refractivity contribution is 5.57. The minimum absolute atomic E-state index is 0.0611. The highest BCUT2D eigenvalue weighted by atomic mass is 16.2. The van der Waals surface area contributed by atoms with Gasteiger partial charge in [-0.25, -0.2) is 9.67 Å². The lowest BCUT2D eigenvalue weighted by molar-refractivity contribution is 0.305. The average Bonchev–Trinajstić information content (AvgIpc) is 2.86. The third-order valence-electron chi connectivity index (χ3n) is 2.39. The quantitative estimate of drug-likeness (QED) is 0.611. The largest absolute Gasteiger partial charge is 0.398 e. The fraction of sp³-hybridized carbons (Fsp3) is 0.231. The molecular formula is C13H14N4O. The second-order valence-corrected chi connectivity index (χ2v) is 3.79. The van der Waals surface area contributed by atoms with Crippen molar-refractivity contribution in [2.24, 2.45) is 0 Å². The van der Waals surface area contributed by atoms with Crippen LogP contribution in [0.5, 0.6) is 0 Å². The lowest BCUT2D eigenvalue weighted by Crippen LogP contribution is -2.01. The maximum Gasteiger partial charge on any atom is 0.137 e. The van der Waals surface area contributed by atoms with Gasteiger partial charge in [0, 0.05) is 17.7 Å². The third kappa shape index (κ3) is 3.09. The van der Waals surface area contributed by atoms with Crippen molar-refractivity contribution in [1.82, 2.24) is 14.8 Å². The van der Waals surface area contributed by atoms with Crippen molar-refractivity contribution in [3.8, 4) is 11.8 Å². The minimum Gasteiger partial charge on any atom is -0.398 e. The van der Waals surface area contributed by atoms with E-state index in [2.05, 4.69) is 21.9 Å². The summed E-state index contributed by atoms with van der Waals surface area (Å²) < 4.78 is 1.73. The van der Waals surface area contributed by atoms with E-state index in [1.807, 2.05) is 18.2 Å². The second kappa shape index (κ2) is 5.84. The summed E-state index contributed by atoms with van der Waals surface area (Å²) in [5.74, 6) is 5.82. The number of anilines is 1. The van der Waals surface area contributed by atoms with Crippen LogP contribution in [0.15, 0.2) is 30.9 Å². The van der Waals surface area contributed by atoms with Crippen molar-refractivity contribution in [2.45, 2.75) is 13.0 Å². The van der Waals surface area contributed by atoms with Crippen LogP contribution >= 0.6 is 0 Å². The van der Waals surface area contributed by atoms with Crippen LogP contribution in [0.1, 0.15) is 17.5 Å². The molecule has 0 aliphatic rings. The van der Waals surface area contributed by atoms with Gasteiger partial charge in [-0.3, -0.25) is 0 Å². The van der Waals surface area contributed by atoms with Gasteiger partial charge in [0.1, 0.15) is 12.7 Å². The predicted octanol–water partition coefficient (Wildman–Crippen LogP) is 0.643. The highest BCUT2D eigenvalue weighted by Crippen LogP contribution is 2.13. The van der Waals surface area contributed by atoms with Gasteiger partial charge in [-0.2, -0.15) is 5.10 Å². The molecule has 0 unspecified atom stereocenters. The third-order valence-corrected chi connectivity index (χ3v) is 2.39. The molecule has 0 aliphatic carbocycles. The van der Waals surface area contributed by atoms with Crippen LogP contribution < -0.4 is 5.73 Å². The lowest BCUT2D eigenvalue weighted by Gasteiger charge is -2.04. The molecule has 1 aromatic carbocycles. The fourth-order valence-corrected chi connectivity index (χ4v) is 1.53. The Morgan fingerprint density at radius 2 is 2.28 bits per heavy atom. The zero-order chi connectivity index (χ0) is 12.8.